The Bertz CT molecular complexity index is 361. The van der Waals surface area contributed by atoms with Crippen LogP contribution in [0.3, 0.4) is 0 Å². The second-order valence-corrected chi connectivity index (χ2v) is 6.22. The SMILES string of the molecule is CCN=C(N(C)C)[N+](C)(C)CCCS(=O)(=O)[O-]. The van der Waals surface area contributed by atoms with E-state index >= 15 is 0 Å². The van der Waals surface area contributed by atoms with Crippen LogP contribution in [0.25, 0.3) is 0 Å². The van der Waals surface area contributed by atoms with E-state index in [4.69, 9.17) is 0 Å². The van der Waals surface area contributed by atoms with Gasteiger partial charge in [-0.25, -0.2) is 13.4 Å². The van der Waals surface area contributed by atoms with E-state index in [0.717, 1.165) is 5.96 Å². The smallest absolute Gasteiger partial charge is 0.299 e. The van der Waals surface area contributed by atoms with Crippen LogP contribution < -0.4 is 0 Å². The summed E-state index contributed by atoms with van der Waals surface area (Å²) in [6.45, 7) is 3.19. The van der Waals surface area contributed by atoms with Crippen LogP contribution in [0.4, 0.5) is 0 Å². The van der Waals surface area contributed by atoms with Crippen LogP contribution in [-0.2, 0) is 10.1 Å². The summed E-state index contributed by atoms with van der Waals surface area (Å²) in [6.07, 6.45) is 0.343. The fourth-order valence-electron chi connectivity index (χ4n) is 1.75. The van der Waals surface area contributed by atoms with Crippen LogP contribution in [0, 0.1) is 0 Å². The Kier molecular flexibility index (Phi) is 6.08. The summed E-state index contributed by atoms with van der Waals surface area (Å²) in [5, 5.41) is 0. The molecule has 0 rings (SSSR count). The third-order valence-electron chi connectivity index (χ3n) is 2.35. The fourth-order valence-corrected chi connectivity index (χ4v) is 2.23. The Morgan fingerprint density at radius 3 is 2.24 bits per heavy atom. The molecule has 0 aromatic carbocycles. The van der Waals surface area contributed by atoms with Gasteiger partial charge in [0.1, 0.15) is 0 Å². The monoisotopic (exact) mass is 265 g/mol. The molecule has 0 atom stereocenters. The molecule has 0 aromatic rings. The molecule has 0 aliphatic heterocycles. The van der Waals surface area contributed by atoms with Gasteiger partial charge in [-0.05, 0) is 6.92 Å². The van der Waals surface area contributed by atoms with E-state index < -0.39 is 10.1 Å². The molecule has 7 heteroatoms. The second-order valence-electron chi connectivity index (χ2n) is 4.69. The van der Waals surface area contributed by atoms with E-state index in [1.54, 1.807) is 0 Å². The van der Waals surface area contributed by atoms with E-state index in [-0.39, 0.29) is 5.75 Å². The highest BCUT2D eigenvalue weighted by atomic mass is 32.2. The van der Waals surface area contributed by atoms with Crippen molar-refractivity contribution in [3.8, 4) is 0 Å². The van der Waals surface area contributed by atoms with Gasteiger partial charge in [0.05, 0.1) is 30.8 Å². The van der Waals surface area contributed by atoms with E-state index in [9.17, 15) is 13.0 Å². The Labute approximate surface area is 104 Å². The number of rotatable bonds is 5. The van der Waals surface area contributed by atoms with Gasteiger partial charge in [0.15, 0.2) is 0 Å². The molecule has 0 aliphatic carbocycles. The Hall–Kier alpha value is -0.660. The van der Waals surface area contributed by atoms with Crippen molar-refractivity contribution in [2.75, 3.05) is 47.0 Å². The van der Waals surface area contributed by atoms with Crippen molar-refractivity contribution in [2.24, 2.45) is 4.99 Å². The van der Waals surface area contributed by atoms with E-state index in [0.29, 0.717) is 24.0 Å². The first-order chi connectivity index (χ1) is 7.60. The first-order valence-electron chi connectivity index (χ1n) is 5.59. The topological polar surface area (TPSA) is 72.8 Å². The molecule has 0 bridgehead atoms. The molecule has 17 heavy (non-hydrogen) atoms. The maximum absolute atomic E-state index is 10.5. The lowest BCUT2D eigenvalue weighted by Gasteiger charge is -2.33. The molecule has 0 unspecified atom stereocenters. The molecule has 0 fully saturated rings. The third kappa shape index (κ3) is 6.60. The number of hydrogen-bond acceptors (Lipinski definition) is 4. The maximum Gasteiger partial charge on any atom is 0.299 e. The van der Waals surface area contributed by atoms with Crippen LogP contribution in [0.5, 0.6) is 0 Å². The summed E-state index contributed by atoms with van der Waals surface area (Å²) in [5.74, 6) is 0.553. The van der Waals surface area contributed by atoms with Crippen molar-refractivity contribution in [2.45, 2.75) is 13.3 Å². The minimum Gasteiger partial charge on any atom is -0.748 e. The summed E-state index contributed by atoms with van der Waals surface area (Å²) in [7, 11) is 3.59. The van der Waals surface area contributed by atoms with Crippen LogP contribution in [-0.4, -0.2) is 75.3 Å². The molecule has 0 spiro atoms. The van der Waals surface area contributed by atoms with Gasteiger partial charge in [-0.15, -0.1) is 0 Å². The lowest BCUT2D eigenvalue weighted by molar-refractivity contribution is -0.805. The molecule has 0 N–H and O–H groups in total. The molecule has 6 nitrogen and oxygen atoms in total. The fraction of sp³-hybridized carbons (Fsp3) is 0.900. The molecule has 0 saturated carbocycles. The largest absolute Gasteiger partial charge is 0.748 e. The summed E-state index contributed by atoms with van der Waals surface area (Å²) in [4.78, 5) is 6.31. The number of guanidine groups is 1. The number of quaternary nitrogens is 1. The Morgan fingerprint density at radius 2 is 1.88 bits per heavy atom. The van der Waals surface area contributed by atoms with Crippen LogP contribution in [0.1, 0.15) is 13.3 Å². The summed E-state index contributed by atoms with van der Waals surface area (Å²) < 4.78 is 32.1. The van der Waals surface area contributed by atoms with Gasteiger partial charge >= 0.3 is 0 Å². The highest BCUT2D eigenvalue weighted by Gasteiger charge is 2.25. The lowest BCUT2D eigenvalue weighted by atomic mass is 10.4. The molecule has 0 radical (unpaired) electrons. The minimum atomic E-state index is -4.12. The molecule has 0 heterocycles. The van der Waals surface area contributed by atoms with E-state index in [2.05, 4.69) is 4.99 Å². The quantitative estimate of drug-likeness (QED) is 0.302. The summed E-state index contributed by atoms with van der Waals surface area (Å²) >= 11 is 0. The molecule has 0 aliphatic rings. The van der Waals surface area contributed by atoms with Crippen LogP contribution in [0.2, 0.25) is 0 Å². The molecule has 0 aromatic heterocycles. The van der Waals surface area contributed by atoms with Crippen molar-refractivity contribution in [1.29, 1.82) is 0 Å². The second kappa shape index (κ2) is 6.32. The minimum absolute atomic E-state index is 0.318. The first kappa shape index (κ1) is 16.3. The molecule has 102 valence electrons. The molecular weight excluding hydrogens is 242 g/mol. The molecule has 0 amide bonds. The zero-order chi connectivity index (χ0) is 13.7. The zero-order valence-corrected chi connectivity index (χ0v) is 12.1. The van der Waals surface area contributed by atoms with Crippen molar-refractivity contribution in [1.82, 2.24) is 4.90 Å². The molecular formula is C10H23N3O3S. The maximum atomic E-state index is 10.5. The predicted octanol–water partition coefficient (Wildman–Crippen LogP) is -0.0644. The van der Waals surface area contributed by atoms with Gasteiger partial charge in [-0.2, -0.15) is 0 Å². The van der Waals surface area contributed by atoms with Gasteiger partial charge in [-0.3, -0.25) is 4.48 Å². The summed E-state index contributed by atoms with van der Waals surface area (Å²) in [5.41, 5.74) is 0. The number of nitrogens with zero attached hydrogens (tertiary/aromatic N) is 3. The van der Waals surface area contributed by atoms with Crippen LogP contribution >= 0.6 is 0 Å². The highest BCUT2D eigenvalue weighted by Crippen LogP contribution is 2.06. The predicted molar refractivity (Wildman–Crippen MR) is 67.8 cm³/mol. The number of hydrogen-bond donors (Lipinski definition) is 0. The number of aliphatic imine (C=N–C) groups is 1. The van der Waals surface area contributed by atoms with Crippen LogP contribution in [0.15, 0.2) is 4.99 Å². The van der Waals surface area contributed by atoms with Crippen molar-refractivity contribution < 1.29 is 17.5 Å². The Balaban J connectivity index is 4.59. The average molecular weight is 265 g/mol. The van der Waals surface area contributed by atoms with Gasteiger partial charge in [-0.1, -0.05) is 0 Å². The average Bonchev–Trinajstić information content (AvgIpc) is 2.10. The Morgan fingerprint density at radius 1 is 1.35 bits per heavy atom. The standard InChI is InChI=1S/C10H23N3O3S/c1-6-11-10(12(2)3)13(4,5)8-7-9-17(14,15)16/h6-9H2,1-5H3. The lowest BCUT2D eigenvalue weighted by Crippen LogP contribution is -2.52. The van der Waals surface area contributed by atoms with Crippen molar-refractivity contribution in [3.05, 3.63) is 0 Å². The highest BCUT2D eigenvalue weighted by molar-refractivity contribution is 7.85. The van der Waals surface area contributed by atoms with E-state index in [1.165, 1.54) is 0 Å². The molecule has 0 saturated heterocycles. The van der Waals surface area contributed by atoms with Gasteiger partial charge in [0.2, 0.25) is 0 Å². The zero-order valence-electron chi connectivity index (χ0n) is 11.3. The van der Waals surface area contributed by atoms with Gasteiger partial charge < -0.3 is 9.45 Å². The van der Waals surface area contributed by atoms with Crippen molar-refractivity contribution in [3.63, 3.8) is 0 Å². The van der Waals surface area contributed by atoms with Gasteiger partial charge in [0.25, 0.3) is 5.96 Å². The van der Waals surface area contributed by atoms with E-state index in [1.807, 2.05) is 40.0 Å². The summed E-state index contributed by atoms with van der Waals surface area (Å²) in [6, 6.07) is 0. The van der Waals surface area contributed by atoms with Gasteiger partial charge in [0, 0.05) is 32.8 Å². The third-order valence-corrected chi connectivity index (χ3v) is 3.14. The normalized spacial score (nSPS) is 13.9. The van der Waals surface area contributed by atoms with Crippen molar-refractivity contribution >= 4 is 16.1 Å². The first-order valence-corrected chi connectivity index (χ1v) is 7.17.